The molecule has 1 nitrogen and oxygen atoms in total. The van der Waals surface area contributed by atoms with E-state index in [0.717, 1.165) is 12.8 Å². The van der Waals surface area contributed by atoms with Crippen molar-refractivity contribution >= 4 is 5.78 Å². The number of hydrogen-bond acceptors (Lipinski definition) is 1. The lowest BCUT2D eigenvalue weighted by Gasteiger charge is -2.32. The van der Waals surface area contributed by atoms with Crippen molar-refractivity contribution in [2.24, 2.45) is 16.2 Å². The van der Waals surface area contributed by atoms with Crippen LogP contribution in [0.4, 0.5) is 0 Å². The molecule has 16 heavy (non-hydrogen) atoms. The Morgan fingerprint density at radius 3 is 1.56 bits per heavy atom. The SMILES string of the molecule is CC(C)(C)CCC(=O)C(C)(C)CC(C)(C)C. The standard InChI is InChI=1S/C15H30O/c1-13(2,3)10-9-12(16)15(7,8)11-14(4,5)6/h9-11H2,1-8H3. The van der Waals surface area contributed by atoms with Crippen LogP contribution in [0.1, 0.15) is 74.7 Å². The van der Waals surface area contributed by atoms with Gasteiger partial charge in [-0.05, 0) is 23.7 Å². The van der Waals surface area contributed by atoms with Crippen molar-refractivity contribution in [3.63, 3.8) is 0 Å². The van der Waals surface area contributed by atoms with Crippen LogP contribution >= 0.6 is 0 Å². The van der Waals surface area contributed by atoms with Gasteiger partial charge in [0.15, 0.2) is 0 Å². The van der Waals surface area contributed by atoms with Gasteiger partial charge in [0, 0.05) is 11.8 Å². The predicted molar refractivity (Wildman–Crippen MR) is 71.5 cm³/mol. The first kappa shape index (κ1) is 15.7. The zero-order chi connectivity index (χ0) is 13.2. The van der Waals surface area contributed by atoms with Gasteiger partial charge in [-0.25, -0.2) is 0 Å². The minimum absolute atomic E-state index is 0.177. The average Bonchev–Trinajstić information content (AvgIpc) is 1.93. The van der Waals surface area contributed by atoms with Gasteiger partial charge in [0.05, 0.1) is 0 Å². The van der Waals surface area contributed by atoms with Gasteiger partial charge in [0.1, 0.15) is 5.78 Å². The molecule has 0 aliphatic rings. The maximum absolute atomic E-state index is 12.2. The minimum atomic E-state index is -0.177. The Kier molecular flexibility index (Phi) is 4.79. The largest absolute Gasteiger partial charge is 0.299 e. The maximum Gasteiger partial charge on any atom is 0.138 e. The molecule has 96 valence electrons. The summed E-state index contributed by atoms with van der Waals surface area (Å²) in [6.45, 7) is 17.3. The Labute approximate surface area is 102 Å². The molecule has 0 heterocycles. The smallest absolute Gasteiger partial charge is 0.138 e. The molecule has 0 aromatic rings. The fourth-order valence-electron chi connectivity index (χ4n) is 2.25. The summed E-state index contributed by atoms with van der Waals surface area (Å²) in [4.78, 5) is 12.2. The van der Waals surface area contributed by atoms with Crippen molar-refractivity contribution in [3.8, 4) is 0 Å². The predicted octanol–water partition coefficient (Wildman–Crippen LogP) is 4.84. The lowest BCUT2D eigenvalue weighted by molar-refractivity contribution is -0.129. The normalized spacial score (nSPS) is 14.0. The number of Topliss-reactive ketones (excluding diaryl/α,β-unsaturated/α-hetero) is 1. The van der Waals surface area contributed by atoms with Crippen LogP contribution in [0.3, 0.4) is 0 Å². The van der Waals surface area contributed by atoms with E-state index in [1.807, 2.05) is 0 Å². The molecule has 0 atom stereocenters. The van der Waals surface area contributed by atoms with Crippen LogP contribution in [-0.4, -0.2) is 5.78 Å². The summed E-state index contributed by atoms with van der Waals surface area (Å²) in [5.74, 6) is 0.414. The number of hydrogen-bond donors (Lipinski definition) is 0. The van der Waals surface area contributed by atoms with E-state index >= 15 is 0 Å². The van der Waals surface area contributed by atoms with Crippen LogP contribution in [0.5, 0.6) is 0 Å². The molecule has 0 unspecified atom stereocenters. The molecule has 0 bridgehead atoms. The van der Waals surface area contributed by atoms with Gasteiger partial charge in [-0.15, -0.1) is 0 Å². The summed E-state index contributed by atoms with van der Waals surface area (Å²) >= 11 is 0. The first-order chi connectivity index (χ1) is 6.83. The summed E-state index contributed by atoms with van der Waals surface area (Å²) in [6, 6.07) is 0. The summed E-state index contributed by atoms with van der Waals surface area (Å²) in [7, 11) is 0. The molecule has 0 fully saturated rings. The molecule has 1 heteroatoms. The first-order valence-electron chi connectivity index (χ1n) is 6.37. The Balaban J connectivity index is 4.37. The second-order valence-corrected chi connectivity index (χ2v) is 8.11. The molecule has 0 spiro atoms. The molecule has 0 amide bonds. The lowest BCUT2D eigenvalue weighted by Crippen LogP contribution is -2.30. The maximum atomic E-state index is 12.2. The van der Waals surface area contributed by atoms with Crippen molar-refractivity contribution in [2.75, 3.05) is 0 Å². The van der Waals surface area contributed by atoms with E-state index in [4.69, 9.17) is 0 Å². The Hall–Kier alpha value is -0.330. The minimum Gasteiger partial charge on any atom is -0.299 e. The molecule has 0 saturated carbocycles. The van der Waals surface area contributed by atoms with Crippen LogP contribution < -0.4 is 0 Å². The van der Waals surface area contributed by atoms with Gasteiger partial charge in [0.25, 0.3) is 0 Å². The first-order valence-corrected chi connectivity index (χ1v) is 6.37. The van der Waals surface area contributed by atoms with E-state index in [0.29, 0.717) is 12.2 Å². The van der Waals surface area contributed by atoms with E-state index in [9.17, 15) is 4.79 Å². The Bertz CT molecular complexity index is 235. The number of carbonyl (C=O) groups excluding carboxylic acids is 1. The van der Waals surface area contributed by atoms with Gasteiger partial charge in [-0.1, -0.05) is 55.4 Å². The molecule has 0 radical (unpaired) electrons. The fourth-order valence-corrected chi connectivity index (χ4v) is 2.25. The van der Waals surface area contributed by atoms with Crippen LogP contribution in [0.15, 0.2) is 0 Å². The van der Waals surface area contributed by atoms with Crippen molar-refractivity contribution in [3.05, 3.63) is 0 Å². The van der Waals surface area contributed by atoms with Gasteiger partial charge < -0.3 is 0 Å². The molecular weight excluding hydrogens is 196 g/mol. The third-order valence-electron chi connectivity index (χ3n) is 2.83. The van der Waals surface area contributed by atoms with E-state index < -0.39 is 0 Å². The third kappa shape index (κ3) is 7.03. The summed E-state index contributed by atoms with van der Waals surface area (Å²) in [5.41, 5.74) is 0.303. The second kappa shape index (κ2) is 4.89. The van der Waals surface area contributed by atoms with Crippen molar-refractivity contribution < 1.29 is 4.79 Å². The zero-order valence-electron chi connectivity index (χ0n) is 12.5. The van der Waals surface area contributed by atoms with E-state index in [-0.39, 0.29) is 16.2 Å². The Morgan fingerprint density at radius 1 is 0.812 bits per heavy atom. The van der Waals surface area contributed by atoms with Crippen molar-refractivity contribution in [1.82, 2.24) is 0 Å². The topological polar surface area (TPSA) is 17.1 Å². The third-order valence-corrected chi connectivity index (χ3v) is 2.83. The van der Waals surface area contributed by atoms with Crippen LogP contribution in [0, 0.1) is 16.2 Å². The van der Waals surface area contributed by atoms with Gasteiger partial charge in [-0.3, -0.25) is 4.79 Å². The van der Waals surface area contributed by atoms with E-state index in [2.05, 4.69) is 55.4 Å². The highest BCUT2D eigenvalue weighted by atomic mass is 16.1. The summed E-state index contributed by atoms with van der Waals surface area (Å²) in [5, 5.41) is 0. The van der Waals surface area contributed by atoms with Crippen molar-refractivity contribution in [2.45, 2.75) is 74.7 Å². The van der Waals surface area contributed by atoms with Crippen LogP contribution in [0.25, 0.3) is 0 Å². The summed E-state index contributed by atoms with van der Waals surface area (Å²) < 4.78 is 0. The van der Waals surface area contributed by atoms with Crippen LogP contribution in [0.2, 0.25) is 0 Å². The second-order valence-electron chi connectivity index (χ2n) is 8.11. The highest BCUT2D eigenvalue weighted by Crippen LogP contribution is 2.35. The van der Waals surface area contributed by atoms with Gasteiger partial charge >= 0.3 is 0 Å². The van der Waals surface area contributed by atoms with Gasteiger partial charge in [0.2, 0.25) is 0 Å². The lowest BCUT2D eigenvalue weighted by atomic mass is 9.72. The molecule has 0 N–H and O–H groups in total. The van der Waals surface area contributed by atoms with Gasteiger partial charge in [-0.2, -0.15) is 0 Å². The fraction of sp³-hybridized carbons (Fsp3) is 0.933. The van der Waals surface area contributed by atoms with E-state index in [1.54, 1.807) is 0 Å². The molecule has 0 aliphatic heterocycles. The molecule has 0 aromatic heterocycles. The zero-order valence-corrected chi connectivity index (χ0v) is 12.5. The Morgan fingerprint density at radius 2 is 1.25 bits per heavy atom. The molecule has 0 rings (SSSR count). The number of ketones is 1. The average molecular weight is 226 g/mol. The van der Waals surface area contributed by atoms with Crippen molar-refractivity contribution in [1.29, 1.82) is 0 Å². The molecule has 0 saturated heterocycles. The monoisotopic (exact) mass is 226 g/mol. The van der Waals surface area contributed by atoms with E-state index in [1.165, 1.54) is 0 Å². The molecule has 0 aromatic carbocycles. The quantitative estimate of drug-likeness (QED) is 0.670. The highest BCUT2D eigenvalue weighted by Gasteiger charge is 2.32. The number of rotatable bonds is 4. The molecule has 0 aliphatic carbocycles. The number of carbonyl (C=O) groups is 1. The van der Waals surface area contributed by atoms with Crippen LogP contribution in [-0.2, 0) is 4.79 Å². The highest BCUT2D eigenvalue weighted by molar-refractivity contribution is 5.84. The molecular formula is C15H30O. The summed E-state index contributed by atoms with van der Waals surface area (Å²) in [6.07, 6.45) is 2.66.